The molecule has 1 saturated carbocycles. The van der Waals surface area contributed by atoms with Gasteiger partial charge in [-0.3, -0.25) is 4.79 Å². The Bertz CT molecular complexity index is 636. The molecule has 0 radical (unpaired) electrons. The second kappa shape index (κ2) is 5.50. The Kier molecular flexibility index (Phi) is 3.72. The van der Waals surface area contributed by atoms with Crippen molar-refractivity contribution in [2.75, 3.05) is 13.2 Å². The van der Waals surface area contributed by atoms with Crippen LogP contribution < -0.4 is 0 Å². The molecule has 3 rings (SSSR count). The Labute approximate surface area is 120 Å². The fraction of sp³-hybridized carbons (Fsp3) is 0.400. The minimum atomic E-state index is -0.287. The number of carbonyl (C=O) groups excluding carboxylic acids is 1. The maximum atomic E-state index is 13.2. The van der Waals surface area contributed by atoms with E-state index in [1.54, 1.807) is 11.0 Å². The highest BCUT2D eigenvalue weighted by Gasteiger charge is 2.29. The molecule has 1 aliphatic rings. The topological polar surface area (TPSA) is 40.5 Å². The molecule has 1 aromatic heterocycles. The highest BCUT2D eigenvalue weighted by Crippen LogP contribution is 2.30. The number of hydrogen-bond acceptors (Lipinski definition) is 3. The van der Waals surface area contributed by atoms with Crippen molar-refractivity contribution >= 4 is 27.3 Å². The van der Waals surface area contributed by atoms with Gasteiger partial charge in [0.05, 0.1) is 11.5 Å². The van der Waals surface area contributed by atoms with Gasteiger partial charge in [-0.1, -0.05) is 6.07 Å². The molecule has 0 saturated heterocycles. The number of amides is 1. The number of hydrogen-bond donors (Lipinski definition) is 1. The molecule has 3 nitrogen and oxygen atoms in total. The van der Waals surface area contributed by atoms with Gasteiger partial charge in [0.15, 0.2) is 0 Å². The number of aliphatic hydroxyl groups excluding tert-OH is 1. The summed E-state index contributed by atoms with van der Waals surface area (Å²) in [5.41, 5.74) is 0. The molecule has 0 aliphatic heterocycles. The van der Waals surface area contributed by atoms with Gasteiger partial charge >= 0.3 is 0 Å². The van der Waals surface area contributed by atoms with E-state index in [1.165, 1.54) is 23.5 Å². The van der Waals surface area contributed by atoms with E-state index in [1.807, 2.05) is 6.07 Å². The van der Waals surface area contributed by atoms with Crippen LogP contribution in [-0.4, -0.2) is 35.1 Å². The molecular weight excluding hydrogens is 277 g/mol. The van der Waals surface area contributed by atoms with Crippen LogP contribution in [0, 0.1) is 5.82 Å². The van der Waals surface area contributed by atoms with Crippen LogP contribution in [-0.2, 0) is 0 Å². The fourth-order valence-corrected chi connectivity index (χ4v) is 3.55. The molecule has 1 aromatic carbocycles. The molecule has 1 heterocycles. The average molecular weight is 293 g/mol. The van der Waals surface area contributed by atoms with Crippen LogP contribution in [0.5, 0.6) is 0 Å². The van der Waals surface area contributed by atoms with Crippen molar-refractivity contribution in [1.82, 2.24) is 4.90 Å². The van der Waals surface area contributed by atoms with Crippen LogP contribution in [0.2, 0.25) is 0 Å². The number of aliphatic hydroxyl groups is 1. The Morgan fingerprint density at radius 1 is 1.40 bits per heavy atom. The lowest BCUT2D eigenvalue weighted by molar-refractivity contribution is 0.0531. The summed E-state index contributed by atoms with van der Waals surface area (Å²) in [4.78, 5) is 14.9. The zero-order valence-corrected chi connectivity index (χ0v) is 11.8. The summed E-state index contributed by atoms with van der Waals surface area (Å²) < 4.78 is 14.0. The average Bonchev–Trinajstić information content (AvgIpc) is 2.78. The van der Waals surface area contributed by atoms with E-state index < -0.39 is 0 Å². The molecule has 0 spiro atoms. The van der Waals surface area contributed by atoms with Gasteiger partial charge in [0.2, 0.25) is 0 Å². The minimum absolute atomic E-state index is 0.0260. The third-order valence-electron chi connectivity index (χ3n) is 3.81. The molecule has 20 heavy (non-hydrogen) atoms. The van der Waals surface area contributed by atoms with Crippen molar-refractivity contribution in [3.8, 4) is 0 Å². The summed E-state index contributed by atoms with van der Waals surface area (Å²) in [5.74, 6) is -0.338. The third-order valence-corrected chi connectivity index (χ3v) is 4.90. The molecule has 1 fully saturated rings. The van der Waals surface area contributed by atoms with Crippen LogP contribution in [0.1, 0.15) is 28.9 Å². The van der Waals surface area contributed by atoms with Crippen LogP contribution in [0.4, 0.5) is 4.39 Å². The van der Waals surface area contributed by atoms with Crippen LogP contribution in [0.15, 0.2) is 24.3 Å². The monoisotopic (exact) mass is 293 g/mol. The largest absolute Gasteiger partial charge is 0.395 e. The van der Waals surface area contributed by atoms with Crippen molar-refractivity contribution in [2.45, 2.75) is 25.3 Å². The number of carbonyl (C=O) groups is 1. The van der Waals surface area contributed by atoms with Crippen LogP contribution in [0.3, 0.4) is 0 Å². The molecule has 1 N–H and O–H groups in total. The highest BCUT2D eigenvalue weighted by atomic mass is 32.1. The van der Waals surface area contributed by atoms with Crippen molar-refractivity contribution in [3.63, 3.8) is 0 Å². The summed E-state index contributed by atoms with van der Waals surface area (Å²) in [6.45, 7) is 0.341. The van der Waals surface area contributed by atoms with E-state index in [0.29, 0.717) is 11.4 Å². The zero-order valence-electron chi connectivity index (χ0n) is 11.0. The third kappa shape index (κ3) is 2.43. The second-order valence-corrected chi connectivity index (χ2v) is 6.18. The molecule has 0 atom stereocenters. The van der Waals surface area contributed by atoms with Gasteiger partial charge < -0.3 is 10.0 Å². The zero-order chi connectivity index (χ0) is 14.1. The van der Waals surface area contributed by atoms with Crippen LogP contribution in [0.25, 0.3) is 10.1 Å². The Hall–Kier alpha value is -1.46. The minimum Gasteiger partial charge on any atom is -0.395 e. The Balaban J connectivity index is 1.89. The standard InChI is InChI=1S/C15H16FNO2S/c16-11-5-4-10-8-14(20-13(10)9-11)15(19)17(6-7-18)12-2-1-3-12/h4-5,8-9,12,18H,1-3,6-7H2. The first kappa shape index (κ1) is 13.5. The first-order valence-electron chi connectivity index (χ1n) is 6.80. The number of halogens is 1. The van der Waals surface area contributed by atoms with E-state index in [0.717, 1.165) is 29.3 Å². The lowest BCUT2D eigenvalue weighted by Crippen LogP contribution is -2.45. The lowest BCUT2D eigenvalue weighted by atomic mass is 9.91. The number of nitrogens with zero attached hydrogens (tertiary/aromatic N) is 1. The molecule has 0 bridgehead atoms. The lowest BCUT2D eigenvalue weighted by Gasteiger charge is -2.37. The van der Waals surface area contributed by atoms with E-state index >= 15 is 0 Å². The predicted octanol–water partition coefficient (Wildman–Crippen LogP) is 3.03. The summed E-state index contributed by atoms with van der Waals surface area (Å²) in [6.07, 6.45) is 3.15. The first-order valence-corrected chi connectivity index (χ1v) is 7.61. The smallest absolute Gasteiger partial charge is 0.264 e. The second-order valence-electron chi connectivity index (χ2n) is 5.10. The van der Waals surface area contributed by atoms with E-state index in [2.05, 4.69) is 0 Å². The van der Waals surface area contributed by atoms with Gasteiger partial charge in [-0.25, -0.2) is 4.39 Å². The van der Waals surface area contributed by atoms with E-state index in [4.69, 9.17) is 5.11 Å². The maximum Gasteiger partial charge on any atom is 0.264 e. The summed E-state index contributed by atoms with van der Waals surface area (Å²) >= 11 is 1.31. The summed E-state index contributed by atoms with van der Waals surface area (Å²) in [5, 5.41) is 10.0. The quantitative estimate of drug-likeness (QED) is 0.941. The molecular formula is C15H16FNO2S. The number of benzene rings is 1. The maximum absolute atomic E-state index is 13.2. The van der Waals surface area contributed by atoms with E-state index in [9.17, 15) is 9.18 Å². The molecule has 1 amide bonds. The van der Waals surface area contributed by atoms with Crippen molar-refractivity contribution < 1.29 is 14.3 Å². The number of fused-ring (bicyclic) bond motifs is 1. The van der Waals surface area contributed by atoms with E-state index in [-0.39, 0.29) is 24.4 Å². The summed E-state index contributed by atoms with van der Waals surface area (Å²) in [6, 6.07) is 6.61. The van der Waals surface area contributed by atoms with Gasteiger partial charge in [-0.15, -0.1) is 11.3 Å². The molecule has 2 aromatic rings. The number of thiophene rings is 1. The van der Waals surface area contributed by atoms with Gasteiger partial charge in [-0.2, -0.15) is 0 Å². The molecule has 5 heteroatoms. The van der Waals surface area contributed by atoms with Crippen LogP contribution >= 0.6 is 11.3 Å². The van der Waals surface area contributed by atoms with Crippen molar-refractivity contribution in [1.29, 1.82) is 0 Å². The van der Waals surface area contributed by atoms with Crippen molar-refractivity contribution in [3.05, 3.63) is 35.0 Å². The fourth-order valence-electron chi connectivity index (χ4n) is 2.51. The van der Waals surface area contributed by atoms with Gasteiger partial charge in [0, 0.05) is 17.3 Å². The number of rotatable bonds is 4. The molecule has 1 aliphatic carbocycles. The Morgan fingerprint density at radius 3 is 2.85 bits per heavy atom. The Morgan fingerprint density at radius 2 is 2.20 bits per heavy atom. The highest BCUT2D eigenvalue weighted by molar-refractivity contribution is 7.20. The molecule has 0 unspecified atom stereocenters. The van der Waals surface area contributed by atoms with Gasteiger partial charge in [-0.05, 0) is 42.8 Å². The van der Waals surface area contributed by atoms with Gasteiger partial charge in [0.25, 0.3) is 5.91 Å². The summed E-state index contributed by atoms with van der Waals surface area (Å²) in [7, 11) is 0. The predicted molar refractivity (Wildman–Crippen MR) is 77.5 cm³/mol. The van der Waals surface area contributed by atoms with Crippen molar-refractivity contribution in [2.24, 2.45) is 0 Å². The SMILES string of the molecule is O=C(c1cc2ccc(F)cc2s1)N(CCO)C1CCC1. The normalized spacial score (nSPS) is 15.3. The first-order chi connectivity index (χ1) is 9.69. The molecule has 106 valence electrons. The van der Waals surface area contributed by atoms with Gasteiger partial charge in [0.1, 0.15) is 5.82 Å².